The van der Waals surface area contributed by atoms with E-state index < -0.39 is 12.4 Å². The number of rotatable bonds is 6. The fourth-order valence-corrected chi connectivity index (χ4v) is 1.86. The van der Waals surface area contributed by atoms with E-state index in [0.717, 1.165) is 0 Å². The number of halogens is 1. The molecule has 0 fully saturated rings. The zero-order chi connectivity index (χ0) is 15.3. The Bertz CT molecular complexity index is 516. The average Bonchev–Trinajstić information content (AvgIpc) is 2.43. The molecule has 0 unspecified atom stereocenters. The number of benzene rings is 1. The van der Waals surface area contributed by atoms with Gasteiger partial charge in [-0.2, -0.15) is 0 Å². The fourth-order valence-electron chi connectivity index (χ4n) is 1.42. The number of ether oxygens (including phenoxy) is 2. The first-order chi connectivity index (χ1) is 9.40. The van der Waals surface area contributed by atoms with E-state index in [9.17, 15) is 9.59 Å². The van der Waals surface area contributed by atoms with Gasteiger partial charge in [0.05, 0.1) is 12.7 Å². The third-order valence-corrected chi connectivity index (χ3v) is 2.98. The summed E-state index contributed by atoms with van der Waals surface area (Å²) in [6.07, 6.45) is 0. The molecule has 7 heteroatoms. The number of likely N-dealkylation sites (N-methyl/N-ethyl adjacent to an activating group) is 1. The second kappa shape index (κ2) is 7.25. The second-order valence-corrected chi connectivity index (χ2v) is 5.06. The van der Waals surface area contributed by atoms with E-state index in [1.54, 1.807) is 20.2 Å². The van der Waals surface area contributed by atoms with E-state index in [2.05, 4.69) is 15.9 Å². The summed E-state index contributed by atoms with van der Waals surface area (Å²) in [6, 6.07) is 3.13. The highest BCUT2D eigenvalue weighted by Crippen LogP contribution is 2.35. The summed E-state index contributed by atoms with van der Waals surface area (Å²) >= 11 is 3.24. The molecule has 20 heavy (non-hydrogen) atoms. The number of ketones is 1. The Morgan fingerprint density at radius 2 is 2.00 bits per heavy atom. The highest BCUT2D eigenvalue weighted by Gasteiger charge is 2.19. The zero-order valence-corrected chi connectivity index (χ0v) is 13.1. The normalized spacial score (nSPS) is 10.1. The molecule has 0 heterocycles. The third kappa shape index (κ3) is 3.94. The maximum Gasteiger partial charge on any atom is 0.259 e. The Kier molecular flexibility index (Phi) is 5.97. The Hall–Kier alpha value is -1.60. The van der Waals surface area contributed by atoms with Crippen LogP contribution in [-0.2, 0) is 4.79 Å². The molecular formula is C13H16BrNO5. The molecule has 0 aliphatic rings. The molecule has 0 spiro atoms. The molecule has 0 saturated carbocycles. The molecule has 0 aliphatic heterocycles. The van der Waals surface area contributed by atoms with Gasteiger partial charge in [0, 0.05) is 18.6 Å². The third-order valence-electron chi connectivity index (χ3n) is 2.52. The monoisotopic (exact) mass is 345 g/mol. The zero-order valence-electron chi connectivity index (χ0n) is 11.5. The van der Waals surface area contributed by atoms with Crippen LogP contribution >= 0.6 is 15.9 Å². The van der Waals surface area contributed by atoms with Crippen molar-refractivity contribution in [2.45, 2.75) is 0 Å². The molecule has 0 aliphatic carbocycles. The van der Waals surface area contributed by atoms with E-state index >= 15 is 0 Å². The molecule has 1 N–H and O–H groups in total. The van der Waals surface area contributed by atoms with Crippen LogP contribution in [0, 0.1) is 0 Å². The van der Waals surface area contributed by atoms with Crippen LogP contribution in [0.5, 0.6) is 11.5 Å². The Morgan fingerprint density at radius 1 is 1.35 bits per heavy atom. The van der Waals surface area contributed by atoms with Gasteiger partial charge in [-0.1, -0.05) is 15.9 Å². The van der Waals surface area contributed by atoms with Crippen LogP contribution in [0.2, 0.25) is 0 Å². The minimum Gasteiger partial charge on any atom is -0.493 e. The summed E-state index contributed by atoms with van der Waals surface area (Å²) in [5.74, 6) is -0.318. The second-order valence-electron chi connectivity index (χ2n) is 4.14. The number of hydrogen-bond acceptors (Lipinski definition) is 5. The Balaban J connectivity index is 3.13. The molecule has 1 amide bonds. The lowest BCUT2D eigenvalue weighted by Gasteiger charge is -2.16. The van der Waals surface area contributed by atoms with Crippen molar-refractivity contribution in [3.05, 3.63) is 22.2 Å². The first-order valence-corrected chi connectivity index (χ1v) is 6.54. The molecule has 110 valence electrons. The quantitative estimate of drug-likeness (QED) is 0.781. The number of aliphatic hydroxyl groups is 1. The van der Waals surface area contributed by atoms with Gasteiger partial charge in [-0.05, 0) is 12.1 Å². The van der Waals surface area contributed by atoms with Crippen molar-refractivity contribution in [2.75, 3.05) is 34.4 Å². The molecule has 1 rings (SSSR count). The fraction of sp³-hybridized carbons (Fsp3) is 0.385. The molecule has 0 saturated heterocycles. The number of nitrogens with zero attached hydrogens (tertiary/aromatic N) is 1. The van der Waals surface area contributed by atoms with E-state index in [1.807, 2.05) is 0 Å². The van der Waals surface area contributed by atoms with Crippen LogP contribution in [0.1, 0.15) is 10.4 Å². The lowest BCUT2D eigenvalue weighted by atomic mass is 10.1. The smallest absolute Gasteiger partial charge is 0.259 e. The van der Waals surface area contributed by atoms with Crippen molar-refractivity contribution in [1.29, 1.82) is 0 Å². The Labute approximate surface area is 125 Å². The first kappa shape index (κ1) is 16.5. The number of aliphatic hydroxyl groups excluding tert-OH is 1. The molecule has 6 nitrogen and oxygen atoms in total. The van der Waals surface area contributed by atoms with Crippen LogP contribution < -0.4 is 9.47 Å². The summed E-state index contributed by atoms with van der Waals surface area (Å²) in [7, 11) is 4.63. The van der Waals surface area contributed by atoms with Gasteiger partial charge in [-0.3, -0.25) is 9.59 Å². The van der Waals surface area contributed by atoms with Gasteiger partial charge in [-0.25, -0.2) is 0 Å². The highest BCUT2D eigenvalue weighted by atomic mass is 79.9. The van der Waals surface area contributed by atoms with Crippen LogP contribution in [0.15, 0.2) is 16.6 Å². The van der Waals surface area contributed by atoms with Gasteiger partial charge in [-0.15, -0.1) is 0 Å². The van der Waals surface area contributed by atoms with Crippen LogP contribution in [0.4, 0.5) is 0 Å². The number of hydrogen-bond donors (Lipinski definition) is 1. The molecule has 1 aromatic carbocycles. The number of methoxy groups -OCH3 is 1. The maximum absolute atomic E-state index is 11.7. The van der Waals surface area contributed by atoms with Gasteiger partial charge in [0.1, 0.15) is 6.61 Å². The molecule has 1 aromatic rings. The van der Waals surface area contributed by atoms with E-state index in [1.165, 1.54) is 18.1 Å². The van der Waals surface area contributed by atoms with Gasteiger partial charge in [0.15, 0.2) is 23.9 Å². The minimum atomic E-state index is -0.655. The molecule has 0 aromatic heterocycles. The summed E-state index contributed by atoms with van der Waals surface area (Å²) in [4.78, 5) is 24.7. The predicted octanol–water partition coefficient (Wildman–Crippen LogP) is 1.10. The standard InChI is InChI=1S/C13H16BrNO5/c1-15(2)12(18)7-20-13-9(10(17)6-16)4-8(14)5-11(13)19-3/h4-5,16H,6-7H2,1-3H3. The van der Waals surface area contributed by atoms with Crippen molar-refractivity contribution in [1.82, 2.24) is 4.90 Å². The van der Waals surface area contributed by atoms with E-state index in [-0.39, 0.29) is 23.8 Å². The number of carbonyl (C=O) groups is 2. The summed E-state index contributed by atoms with van der Waals surface area (Å²) in [6.45, 7) is -0.881. The highest BCUT2D eigenvalue weighted by molar-refractivity contribution is 9.10. The van der Waals surface area contributed by atoms with Crippen LogP contribution in [0.3, 0.4) is 0 Å². The van der Waals surface area contributed by atoms with Gasteiger partial charge < -0.3 is 19.5 Å². The first-order valence-electron chi connectivity index (χ1n) is 5.75. The van der Waals surface area contributed by atoms with E-state index in [4.69, 9.17) is 14.6 Å². The Morgan fingerprint density at radius 3 is 2.50 bits per heavy atom. The molecule has 0 radical (unpaired) electrons. The summed E-state index contributed by atoms with van der Waals surface area (Å²) in [5.41, 5.74) is 0.158. The minimum absolute atomic E-state index is 0.143. The predicted molar refractivity (Wildman–Crippen MR) is 76.3 cm³/mol. The summed E-state index contributed by atoms with van der Waals surface area (Å²) in [5, 5.41) is 9.00. The van der Waals surface area contributed by atoms with Gasteiger partial charge in [0.2, 0.25) is 0 Å². The van der Waals surface area contributed by atoms with Crippen molar-refractivity contribution < 1.29 is 24.2 Å². The molecule has 0 bridgehead atoms. The molecule has 0 atom stereocenters. The van der Waals surface area contributed by atoms with Crippen molar-refractivity contribution in [3.63, 3.8) is 0 Å². The maximum atomic E-state index is 11.7. The van der Waals surface area contributed by atoms with Gasteiger partial charge in [0.25, 0.3) is 5.91 Å². The van der Waals surface area contributed by atoms with Crippen LogP contribution in [-0.4, -0.2) is 56.1 Å². The number of amides is 1. The van der Waals surface area contributed by atoms with E-state index in [0.29, 0.717) is 10.2 Å². The topological polar surface area (TPSA) is 76.1 Å². The van der Waals surface area contributed by atoms with Crippen LogP contribution in [0.25, 0.3) is 0 Å². The largest absolute Gasteiger partial charge is 0.493 e. The number of Topliss-reactive ketones (excluding diaryl/α,β-unsaturated/α-hetero) is 1. The summed E-state index contributed by atoms with van der Waals surface area (Å²) < 4.78 is 11.1. The van der Waals surface area contributed by atoms with Crippen molar-refractivity contribution in [3.8, 4) is 11.5 Å². The van der Waals surface area contributed by atoms with Gasteiger partial charge >= 0.3 is 0 Å². The number of carbonyl (C=O) groups excluding carboxylic acids is 2. The lowest BCUT2D eigenvalue weighted by molar-refractivity contribution is -0.130. The SMILES string of the molecule is COc1cc(Br)cc(C(=O)CO)c1OCC(=O)N(C)C. The average molecular weight is 346 g/mol. The van der Waals surface area contributed by atoms with Crippen molar-refractivity contribution in [2.24, 2.45) is 0 Å². The molecular weight excluding hydrogens is 330 g/mol. The lowest BCUT2D eigenvalue weighted by Crippen LogP contribution is -2.28. The van der Waals surface area contributed by atoms with Crippen molar-refractivity contribution >= 4 is 27.6 Å².